The largest absolute Gasteiger partial charge is 0.482 e. The Kier molecular flexibility index (Phi) is 6.21. The normalized spacial score (nSPS) is 12.2. The number of amides is 2. The Morgan fingerprint density at radius 2 is 1.65 bits per heavy atom. The number of nitrogens with one attached hydrogen (secondary N) is 2. The summed E-state index contributed by atoms with van der Waals surface area (Å²) in [5, 5.41) is 4.98. The van der Waals surface area contributed by atoms with Crippen LogP contribution in [-0.4, -0.2) is 30.6 Å². The summed E-state index contributed by atoms with van der Waals surface area (Å²) in [7, 11) is 0. The van der Waals surface area contributed by atoms with Crippen molar-refractivity contribution in [2.24, 2.45) is 0 Å². The summed E-state index contributed by atoms with van der Waals surface area (Å²) in [6.07, 6.45) is -4.49. The maximum Gasteiger partial charge on any atom is 0.422 e. The minimum absolute atomic E-state index is 0.0857. The molecule has 0 aliphatic rings. The minimum atomic E-state index is -4.49. The number of halogens is 3. The van der Waals surface area contributed by atoms with Gasteiger partial charge in [0.2, 0.25) is 5.91 Å². The summed E-state index contributed by atoms with van der Waals surface area (Å²) >= 11 is 0. The van der Waals surface area contributed by atoms with Crippen LogP contribution in [0.5, 0.6) is 5.75 Å². The van der Waals surface area contributed by atoms with Crippen LogP contribution in [0.3, 0.4) is 0 Å². The van der Waals surface area contributed by atoms with Crippen LogP contribution in [0, 0.1) is 0 Å². The molecule has 2 aromatic rings. The summed E-state index contributed by atoms with van der Waals surface area (Å²) in [6, 6.07) is 13.2. The van der Waals surface area contributed by atoms with Gasteiger partial charge in [-0.25, -0.2) is 0 Å². The fourth-order valence-corrected chi connectivity index (χ4v) is 2.03. The van der Waals surface area contributed by atoms with Gasteiger partial charge in [-0.05, 0) is 31.2 Å². The second-order valence-electron chi connectivity index (χ2n) is 5.45. The lowest BCUT2D eigenvalue weighted by atomic mass is 10.2. The Labute approximate surface area is 148 Å². The lowest BCUT2D eigenvalue weighted by Gasteiger charge is -2.17. The van der Waals surface area contributed by atoms with Gasteiger partial charge in [0.25, 0.3) is 5.91 Å². The van der Waals surface area contributed by atoms with Gasteiger partial charge in [-0.1, -0.05) is 30.3 Å². The van der Waals surface area contributed by atoms with E-state index in [9.17, 15) is 22.8 Å². The molecule has 5 nitrogen and oxygen atoms in total. The highest BCUT2D eigenvalue weighted by molar-refractivity contribution is 6.01. The molecule has 26 heavy (non-hydrogen) atoms. The first kappa shape index (κ1) is 19.3. The standard InChI is InChI=1S/C18H17F3N2O3/c1-12(22-17(25)13-7-3-2-4-8-13)16(24)23-14-9-5-6-10-15(14)26-11-18(19,20)21/h2-10,12H,11H2,1H3,(H,22,25)(H,23,24). The molecule has 0 radical (unpaired) electrons. The highest BCUT2D eigenvalue weighted by Crippen LogP contribution is 2.26. The number of carbonyl (C=O) groups is 2. The number of rotatable bonds is 6. The predicted octanol–water partition coefficient (Wildman–Crippen LogP) is 3.38. The van der Waals surface area contributed by atoms with Gasteiger partial charge in [-0.2, -0.15) is 13.2 Å². The molecule has 8 heteroatoms. The van der Waals surface area contributed by atoms with Crippen molar-refractivity contribution in [1.29, 1.82) is 0 Å². The fraction of sp³-hybridized carbons (Fsp3) is 0.222. The second-order valence-corrected chi connectivity index (χ2v) is 5.45. The fourth-order valence-electron chi connectivity index (χ4n) is 2.03. The van der Waals surface area contributed by atoms with Crippen LogP contribution in [0.1, 0.15) is 17.3 Å². The van der Waals surface area contributed by atoms with Crippen LogP contribution in [0.15, 0.2) is 54.6 Å². The Balaban J connectivity index is 1.99. The molecule has 0 heterocycles. The Morgan fingerprint density at radius 3 is 2.31 bits per heavy atom. The summed E-state index contributed by atoms with van der Waals surface area (Å²) in [4.78, 5) is 24.3. The molecule has 1 unspecified atom stereocenters. The van der Waals surface area contributed by atoms with Crippen molar-refractivity contribution in [3.63, 3.8) is 0 Å². The third kappa shape index (κ3) is 5.80. The third-order valence-electron chi connectivity index (χ3n) is 3.31. The van der Waals surface area contributed by atoms with Gasteiger partial charge >= 0.3 is 6.18 Å². The number of benzene rings is 2. The molecule has 138 valence electrons. The van der Waals surface area contributed by atoms with Gasteiger partial charge in [0, 0.05) is 5.56 Å². The molecule has 2 aromatic carbocycles. The van der Waals surface area contributed by atoms with Gasteiger partial charge in [0.15, 0.2) is 6.61 Å². The second kappa shape index (κ2) is 8.37. The number of ether oxygens (including phenoxy) is 1. The smallest absolute Gasteiger partial charge is 0.422 e. The van der Waals surface area contributed by atoms with E-state index in [0.717, 1.165) is 0 Å². The molecule has 0 aliphatic carbocycles. The Morgan fingerprint density at radius 1 is 1.04 bits per heavy atom. The predicted molar refractivity (Wildman–Crippen MR) is 90.0 cm³/mol. The lowest BCUT2D eigenvalue weighted by molar-refractivity contribution is -0.153. The van der Waals surface area contributed by atoms with Crippen molar-refractivity contribution >= 4 is 17.5 Å². The van der Waals surface area contributed by atoms with Crippen molar-refractivity contribution < 1.29 is 27.5 Å². The van der Waals surface area contributed by atoms with E-state index < -0.39 is 30.6 Å². The van der Waals surface area contributed by atoms with Gasteiger partial charge in [0.1, 0.15) is 11.8 Å². The summed E-state index contributed by atoms with van der Waals surface area (Å²) < 4.78 is 41.6. The SMILES string of the molecule is CC(NC(=O)c1ccccc1)C(=O)Nc1ccccc1OCC(F)(F)F. The first-order valence-corrected chi connectivity index (χ1v) is 7.71. The topological polar surface area (TPSA) is 67.4 Å². The van der Waals surface area contributed by atoms with E-state index in [-0.39, 0.29) is 11.4 Å². The van der Waals surface area contributed by atoms with Gasteiger partial charge in [-0.3, -0.25) is 9.59 Å². The monoisotopic (exact) mass is 366 g/mol. The van der Waals surface area contributed by atoms with Gasteiger partial charge in [0.05, 0.1) is 5.69 Å². The number of carbonyl (C=O) groups excluding carboxylic acids is 2. The molecule has 0 saturated carbocycles. The zero-order chi connectivity index (χ0) is 19.2. The Hall–Kier alpha value is -3.03. The first-order chi connectivity index (χ1) is 12.3. The van der Waals surface area contributed by atoms with E-state index in [1.165, 1.54) is 25.1 Å². The lowest BCUT2D eigenvalue weighted by Crippen LogP contribution is -2.41. The molecule has 1 atom stereocenters. The zero-order valence-corrected chi connectivity index (χ0v) is 13.8. The van der Waals surface area contributed by atoms with Crippen molar-refractivity contribution in [1.82, 2.24) is 5.32 Å². The average Bonchev–Trinajstić information content (AvgIpc) is 2.61. The van der Waals surface area contributed by atoms with Crippen LogP contribution in [0.4, 0.5) is 18.9 Å². The van der Waals surface area contributed by atoms with Crippen molar-refractivity contribution in [3.05, 3.63) is 60.2 Å². The Bertz CT molecular complexity index is 764. The molecule has 0 saturated heterocycles. The number of alkyl halides is 3. The highest BCUT2D eigenvalue weighted by Gasteiger charge is 2.29. The van der Waals surface area contributed by atoms with Crippen LogP contribution < -0.4 is 15.4 Å². The number of hydrogen-bond acceptors (Lipinski definition) is 3. The molecule has 2 rings (SSSR count). The molecule has 0 aliphatic heterocycles. The molecule has 0 spiro atoms. The summed E-state index contributed by atoms with van der Waals surface area (Å²) in [5.74, 6) is -1.13. The first-order valence-electron chi connectivity index (χ1n) is 7.71. The summed E-state index contributed by atoms with van der Waals surface area (Å²) in [5.41, 5.74) is 0.476. The van der Waals surface area contributed by atoms with E-state index in [0.29, 0.717) is 5.56 Å². The van der Waals surface area contributed by atoms with E-state index in [4.69, 9.17) is 4.74 Å². The molecular formula is C18H17F3N2O3. The van der Waals surface area contributed by atoms with Gasteiger partial charge in [-0.15, -0.1) is 0 Å². The van der Waals surface area contributed by atoms with E-state index >= 15 is 0 Å². The van der Waals surface area contributed by atoms with E-state index in [2.05, 4.69) is 10.6 Å². The van der Waals surface area contributed by atoms with E-state index in [1.54, 1.807) is 36.4 Å². The molecule has 0 bridgehead atoms. The number of anilines is 1. The molecule has 0 aromatic heterocycles. The minimum Gasteiger partial charge on any atom is -0.482 e. The van der Waals surface area contributed by atoms with Crippen LogP contribution in [0.25, 0.3) is 0 Å². The quantitative estimate of drug-likeness (QED) is 0.824. The zero-order valence-electron chi connectivity index (χ0n) is 13.8. The molecule has 2 amide bonds. The number of hydrogen-bond donors (Lipinski definition) is 2. The maximum absolute atomic E-state index is 12.3. The molecular weight excluding hydrogens is 349 g/mol. The maximum atomic E-state index is 12.3. The van der Waals surface area contributed by atoms with Crippen LogP contribution >= 0.6 is 0 Å². The van der Waals surface area contributed by atoms with Gasteiger partial charge < -0.3 is 15.4 Å². The van der Waals surface area contributed by atoms with Crippen molar-refractivity contribution in [2.45, 2.75) is 19.1 Å². The van der Waals surface area contributed by atoms with Crippen LogP contribution in [0.2, 0.25) is 0 Å². The molecule has 2 N–H and O–H groups in total. The van der Waals surface area contributed by atoms with Crippen molar-refractivity contribution in [2.75, 3.05) is 11.9 Å². The van der Waals surface area contributed by atoms with Crippen molar-refractivity contribution in [3.8, 4) is 5.75 Å². The number of para-hydroxylation sites is 2. The van der Waals surface area contributed by atoms with Crippen LogP contribution in [-0.2, 0) is 4.79 Å². The summed E-state index contributed by atoms with van der Waals surface area (Å²) in [6.45, 7) is -0.00443. The average molecular weight is 366 g/mol. The third-order valence-corrected chi connectivity index (χ3v) is 3.31. The highest BCUT2D eigenvalue weighted by atomic mass is 19.4. The molecule has 0 fully saturated rings. The van der Waals surface area contributed by atoms with E-state index in [1.807, 2.05) is 0 Å².